The van der Waals surface area contributed by atoms with Crippen LogP contribution >= 0.6 is 34.5 Å². The van der Waals surface area contributed by atoms with Gasteiger partial charge in [0.05, 0.1) is 15.7 Å². The van der Waals surface area contributed by atoms with E-state index < -0.39 is 16.0 Å². The SMILES string of the molecule is O=C(O)c1c(Cl)ccc(Cl)c1NS(=O)(=O)c1cccs1. The first kappa shape index (κ1) is 15.1. The minimum absolute atomic E-state index is 0.0462. The number of benzene rings is 1. The van der Waals surface area contributed by atoms with Crippen LogP contribution in [0.15, 0.2) is 33.9 Å². The predicted molar refractivity (Wildman–Crippen MR) is 78.5 cm³/mol. The van der Waals surface area contributed by atoms with Gasteiger partial charge in [0.15, 0.2) is 0 Å². The van der Waals surface area contributed by atoms with Crippen LogP contribution in [0.2, 0.25) is 10.0 Å². The van der Waals surface area contributed by atoms with Crippen molar-refractivity contribution in [1.29, 1.82) is 0 Å². The average Bonchev–Trinajstić information content (AvgIpc) is 2.87. The first-order chi connectivity index (χ1) is 9.33. The number of carboxylic acids is 1. The van der Waals surface area contributed by atoms with Crippen LogP contribution in [-0.2, 0) is 10.0 Å². The molecule has 2 aromatic rings. The van der Waals surface area contributed by atoms with E-state index in [-0.39, 0.29) is 25.5 Å². The summed E-state index contributed by atoms with van der Waals surface area (Å²) in [5.41, 5.74) is -0.639. The van der Waals surface area contributed by atoms with Gasteiger partial charge in [-0.1, -0.05) is 29.3 Å². The molecule has 5 nitrogen and oxygen atoms in total. The van der Waals surface area contributed by atoms with Gasteiger partial charge >= 0.3 is 5.97 Å². The number of hydrogen-bond donors (Lipinski definition) is 2. The number of rotatable bonds is 4. The normalized spacial score (nSPS) is 11.3. The van der Waals surface area contributed by atoms with Crippen LogP contribution in [0, 0.1) is 0 Å². The molecule has 0 atom stereocenters. The van der Waals surface area contributed by atoms with Crippen molar-refractivity contribution in [2.24, 2.45) is 0 Å². The molecule has 0 saturated heterocycles. The Morgan fingerprint density at radius 1 is 1.20 bits per heavy atom. The summed E-state index contributed by atoms with van der Waals surface area (Å²) in [6.45, 7) is 0. The lowest BCUT2D eigenvalue weighted by atomic mass is 10.2. The lowest BCUT2D eigenvalue weighted by Gasteiger charge is -2.12. The van der Waals surface area contributed by atoms with E-state index in [1.54, 1.807) is 11.4 Å². The molecule has 0 aliphatic heterocycles. The lowest BCUT2D eigenvalue weighted by Crippen LogP contribution is -2.15. The van der Waals surface area contributed by atoms with E-state index in [9.17, 15) is 13.2 Å². The molecule has 0 aliphatic rings. The van der Waals surface area contributed by atoms with Crippen LogP contribution in [0.3, 0.4) is 0 Å². The number of hydrogen-bond acceptors (Lipinski definition) is 4. The van der Waals surface area contributed by atoms with Crippen LogP contribution in [0.5, 0.6) is 0 Å². The zero-order valence-corrected chi connectivity index (χ0v) is 12.8. The van der Waals surface area contributed by atoms with Gasteiger partial charge in [-0.3, -0.25) is 4.72 Å². The summed E-state index contributed by atoms with van der Waals surface area (Å²) in [5.74, 6) is -1.37. The second kappa shape index (κ2) is 5.61. The summed E-state index contributed by atoms with van der Waals surface area (Å²) >= 11 is 12.6. The summed E-state index contributed by atoms with van der Waals surface area (Å²) in [5, 5.41) is 10.6. The fraction of sp³-hybridized carbons (Fsp3) is 0. The first-order valence-corrected chi connectivity index (χ1v) is 8.22. The molecule has 2 N–H and O–H groups in total. The summed E-state index contributed by atoms with van der Waals surface area (Å²) in [6.07, 6.45) is 0. The van der Waals surface area contributed by atoms with Crippen LogP contribution in [0.25, 0.3) is 0 Å². The van der Waals surface area contributed by atoms with E-state index in [1.165, 1.54) is 18.2 Å². The third-order valence-corrected chi connectivity index (χ3v) is 5.69. The molecule has 0 radical (unpaired) electrons. The van der Waals surface area contributed by atoms with Gasteiger partial charge in [-0.2, -0.15) is 0 Å². The Kier molecular flexibility index (Phi) is 4.24. The minimum Gasteiger partial charge on any atom is -0.478 e. The zero-order chi connectivity index (χ0) is 14.9. The molecule has 0 spiro atoms. The van der Waals surface area contributed by atoms with Gasteiger partial charge in [0, 0.05) is 0 Å². The second-order valence-electron chi connectivity index (χ2n) is 3.62. The second-order valence-corrected chi connectivity index (χ2v) is 7.29. The van der Waals surface area contributed by atoms with Crippen molar-refractivity contribution in [3.05, 3.63) is 45.3 Å². The monoisotopic (exact) mass is 351 g/mol. The van der Waals surface area contributed by atoms with Gasteiger partial charge in [0.2, 0.25) is 0 Å². The van der Waals surface area contributed by atoms with Crippen molar-refractivity contribution in [2.75, 3.05) is 4.72 Å². The number of sulfonamides is 1. The van der Waals surface area contributed by atoms with Crippen molar-refractivity contribution in [1.82, 2.24) is 0 Å². The quantitative estimate of drug-likeness (QED) is 0.881. The molecule has 9 heteroatoms. The Bertz CT molecular complexity index is 757. The Balaban J connectivity index is 2.55. The number of halogens is 2. The molecule has 2 rings (SSSR count). The maximum Gasteiger partial charge on any atom is 0.339 e. The van der Waals surface area contributed by atoms with Gasteiger partial charge in [-0.05, 0) is 23.6 Å². The molecular formula is C11H7Cl2NO4S2. The minimum atomic E-state index is -3.90. The number of anilines is 1. The highest BCUT2D eigenvalue weighted by Crippen LogP contribution is 2.34. The van der Waals surface area contributed by atoms with Crippen LogP contribution in [-0.4, -0.2) is 19.5 Å². The molecule has 0 amide bonds. The largest absolute Gasteiger partial charge is 0.478 e. The average molecular weight is 352 g/mol. The third-order valence-electron chi connectivity index (χ3n) is 2.31. The smallest absolute Gasteiger partial charge is 0.339 e. The van der Waals surface area contributed by atoms with Crippen LogP contribution in [0.1, 0.15) is 10.4 Å². The highest BCUT2D eigenvalue weighted by atomic mass is 35.5. The Hall–Kier alpha value is -1.28. The summed E-state index contributed by atoms with van der Waals surface area (Å²) in [6, 6.07) is 5.57. The Morgan fingerprint density at radius 2 is 1.85 bits per heavy atom. The van der Waals surface area contributed by atoms with E-state index >= 15 is 0 Å². The van der Waals surface area contributed by atoms with Crippen molar-refractivity contribution in [3.8, 4) is 0 Å². The van der Waals surface area contributed by atoms with Crippen LogP contribution < -0.4 is 4.72 Å². The van der Waals surface area contributed by atoms with Gasteiger partial charge in [0.25, 0.3) is 10.0 Å². The fourth-order valence-electron chi connectivity index (χ4n) is 1.46. The molecule has 0 aliphatic carbocycles. The van der Waals surface area contributed by atoms with E-state index in [0.717, 1.165) is 11.3 Å². The first-order valence-electron chi connectivity index (χ1n) is 5.10. The highest BCUT2D eigenvalue weighted by molar-refractivity contribution is 7.94. The lowest BCUT2D eigenvalue weighted by molar-refractivity contribution is 0.0698. The number of aromatic carboxylic acids is 1. The van der Waals surface area contributed by atoms with Crippen LogP contribution in [0.4, 0.5) is 5.69 Å². The Labute approximate surface area is 128 Å². The number of nitrogens with one attached hydrogen (secondary N) is 1. The summed E-state index contributed by atoms with van der Waals surface area (Å²) in [7, 11) is -3.90. The zero-order valence-electron chi connectivity index (χ0n) is 9.63. The summed E-state index contributed by atoms with van der Waals surface area (Å²) in [4.78, 5) is 11.2. The molecule has 0 unspecified atom stereocenters. The van der Waals surface area contributed by atoms with E-state index in [0.29, 0.717) is 0 Å². The van der Waals surface area contributed by atoms with Gasteiger partial charge in [0.1, 0.15) is 9.77 Å². The predicted octanol–water partition coefficient (Wildman–Crippen LogP) is 3.55. The number of thiophene rings is 1. The highest BCUT2D eigenvalue weighted by Gasteiger charge is 2.23. The van der Waals surface area contributed by atoms with Gasteiger partial charge < -0.3 is 5.11 Å². The van der Waals surface area contributed by atoms with E-state index in [2.05, 4.69) is 4.72 Å². The Morgan fingerprint density at radius 3 is 2.40 bits per heavy atom. The molecule has 0 bridgehead atoms. The van der Waals surface area contributed by atoms with Crippen molar-refractivity contribution >= 4 is 56.2 Å². The molecule has 1 heterocycles. The fourth-order valence-corrected chi connectivity index (χ4v) is 4.05. The van der Waals surface area contributed by atoms with E-state index in [4.69, 9.17) is 28.3 Å². The molecule has 1 aromatic carbocycles. The standard InChI is InChI=1S/C11H7Cl2NO4S2/c12-6-3-4-7(13)10(9(6)11(15)16)14-20(17,18)8-2-1-5-19-8/h1-5,14H,(H,15,16). The number of carbonyl (C=O) groups is 1. The molecule has 106 valence electrons. The molecule has 0 fully saturated rings. The molecular weight excluding hydrogens is 345 g/mol. The van der Waals surface area contributed by atoms with Gasteiger partial charge in [-0.25, -0.2) is 13.2 Å². The third kappa shape index (κ3) is 2.90. The number of carboxylic acid groups (broad SMARTS) is 1. The van der Waals surface area contributed by atoms with Gasteiger partial charge in [-0.15, -0.1) is 11.3 Å². The maximum atomic E-state index is 12.1. The molecule has 20 heavy (non-hydrogen) atoms. The molecule has 1 aromatic heterocycles. The van der Waals surface area contributed by atoms with Crippen molar-refractivity contribution in [3.63, 3.8) is 0 Å². The van der Waals surface area contributed by atoms with Crippen molar-refractivity contribution in [2.45, 2.75) is 4.21 Å². The maximum absolute atomic E-state index is 12.1. The van der Waals surface area contributed by atoms with E-state index in [1.807, 2.05) is 0 Å². The molecule has 0 saturated carbocycles. The summed E-state index contributed by atoms with van der Waals surface area (Å²) < 4.78 is 26.4. The van der Waals surface area contributed by atoms with Crippen molar-refractivity contribution < 1.29 is 18.3 Å². The topological polar surface area (TPSA) is 83.5 Å².